The fourth-order valence-electron chi connectivity index (χ4n) is 2.61. The van der Waals surface area contributed by atoms with Gasteiger partial charge in [-0.05, 0) is 37.1 Å². The van der Waals surface area contributed by atoms with Gasteiger partial charge in [-0.2, -0.15) is 0 Å². The average Bonchev–Trinajstić information content (AvgIpc) is 3.09. The van der Waals surface area contributed by atoms with Crippen molar-refractivity contribution in [2.75, 3.05) is 5.32 Å². The number of hydrogen-bond donors (Lipinski definition) is 2. The van der Waals surface area contributed by atoms with Crippen LogP contribution in [0.25, 0.3) is 0 Å². The van der Waals surface area contributed by atoms with Crippen molar-refractivity contribution >= 4 is 17.4 Å². The number of nitrogens with one attached hydrogen (secondary N) is 2. The lowest BCUT2D eigenvalue weighted by Gasteiger charge is -2.11. The number of carbonyl (C=O) groups is 1. The maximum atomic E-state index is 13.6. The van der Waals surface area contributed by atoms with Gasteiger partial charge in [-0.3, -0.25) is 4.79 Å². The molecular weight excluding hydrogens is 321 g/mol. The third kappa shape index (κ3) is 3.47. The Balaban J connectivity index is 1.68. The lowest BCUT2D eigenvalue weighted by atomic mass is 10.2. The maximum Gasteiger partial charge on any atom is 0.272 e. The molecule has 1 amide bonds. The number of rotatable bonds is 4. The molecule has 0 bridgehead atoms. The highest BCUT2D eigenvalue weighted by Crippen LogP contribution is 2.22. The second-order valence-corrected chi connectivity index (χ2v) is 5.61. The second-order valence-electron chi connectivity index (χ2n) is 5.61. The predicted molar refractivity (Wildman–Crippen MR) is 81.4 cm³/mol. The zero-order valence-electron chi connectivity index (χ0n) is 12.7. The first-order valence-electron chi connectivity index (χ1n) is 7.59. The lowest BCUT2D eigenvalue weighted by Crippen LogP contribution is -2.33. The summed E-state index contributed by atoms with van der Waals surface area (Å²) >= 11 is 0. The summed E-state index contributed by atoms with van der Waals surface area (Å²) < 4.78 is 39.7. The Morgan fingerprint density at radius 1 is 1.00 bits per heavy atom. The van der Waals surface area contributed by atoms with Crippen LogP contribution in [0.4, 0.5) is 24.7 Å². The standard InChI is InChI=1S/C16H15F3N4O/c17-10-5-6-11(15(19)14(10)18)21-13-8-7-12(22-23-13)16(24)20-9-3-1-2-4-9/h5-9H,1-4H2,(H,20,24)(H,21,23). The van der Waals surface area contributed by atoms with E-state index in [4.69, 9.17) is 0 Å². The molecule has 1 heterocycles. The number of aromatic nitrogens is 2. The highest BCUT2D eigenvalue weighted by Gasteiger charge is 2.19. The molecule has 1 fully saturated rings. The molecule has 0 unspecified atom stereocenters. The van der Waals surface area contributed by atoms with Crippen molar-refractivity contribution in [1.82, 2.24) is 15.5 Å². The van der Waals surface area contributed by atoms with Crippen molar-refractivity contribution in [2.45, 2.75) is 31.7 Å². The van der Waals surface area contributed by atoms with Gasteiger partial charge in [0.1, 0.15) is 0 Å². The smallest absolute Gasteiger partial charge is 0.272 e. The van der Waals surface area contributed by atoms with Crippen LogP contribution in [0.5, 0.6) is 0 Å². The third-order valence-corrected chi connectivity index (χ3v) is 3.89. The minimum Gasteiger partial charge on any atom is -0.348 e. The van der Waals surface area contributed by atoms with Crippen LogP contribution >= 0.6 is 0 Å². The Morgan fingerprint density at radius 2 is 1.75 bits per heavy atom. The fraction of sp³-hybridized carbons (Fsp3) is 0.312. The number of amides is 1. The molecule has 0 atom stereocenters. The summed E-state index contributed by atoms with van der Waals surface area (Å²) in [5.74, 6) is -4.40. The number of hydrogen-bond acceptors (Lipinski definition) is 4. The van der Waals surface area contributed by atoms with Gasteiger partial charge in [0, 0.05) is 6.04 Å². The first-order valence-corrected chi connectivity index (χ1v) is 7.59. The molecule has 8 heteroatoms. The summed E-state index contributed by atoms with van der Waals surface area (Å²) in [6, 6.07) is 4.86. The Labute approximate surface area is 136 Å². The normalized spacial score (nSPS) is 14.6. The Morgan fingerprint density at radius 3 is 2.42 bits per heavy atom. The van der Waals surface area contributed by atoms with E-state index in [0.29, 0.717) is 0 Å². The summed E-state index contributed by atoms with van der Waals surface area (Å²) in [5.41, 5.74) is -0.135. The van der Waals surface area contributed by atoms with Crippen LogP contribution < -0.4 is 10.6 Å². The SMILES string of the molecule is O=C(NC1CCCC1)c1ccc(Nc2ccc(F)c(F)c2F)nn1. The topological polar surface area (TPSA) is 66.9 Å². The minimum atomic E-state index is -1.57. The van der Waals surface area contributed by atoms with Gasteiger partial charge in [0.2, 0.25) is 0 Å². The molecule has 3 rings (SSSR count). The second kappa shape index (κ2) is 6.86. The van der Waals surface area contributed by atoms with Gasteiger partial charge in [0.15, 0.2) is 29.0 Å². The highest BCUT2D eigenvalue weighted by molar-refractivity contribution is 5.92. The first kappa shape index (κ1) is 16.2. The van der Waals surface area contributed by atoms with Gasteiger partial charge in [0.05, 0.1) is 5.69 Å². The number of halogens is 3. The molecule has 0 aliphatic heterocycles. The van der Waals surface area contributed by atoms with Crippen LogP contribution in [0.3, 0.4) is 0 Å². The van der Waals surface area contributed by atoms with Crippen molar-refractivity contribution in [3.8, 4) is 0 Å². The van der Waals surface area contributed by atoms with Gasteiger partial charge in [-0.15, -0.1) is 10.2 Å². The van der Waals surface area contributed by atoms with Crippen molar-refractivity contribution in [3.63, 3.8) is 0 Å². The zero-order valence-corrected chi connectivity index (χ0v) is 12.7. The van der Waals surface area contributed by atoms with E-state index in [1.165, 1.54) is 12.1 Å². The van der Waals surface area contributed by atoms with Crippen molar-refractivity contribution < 1.29 is 18.0 Å². The van der Waals surface area contributed by atoms with E-state index in [1.807, 2.05) is 0 Å². The molecule has 2 N–H and O–H groups in total. The van der Waals surface area contributed by atoms with E-state index in [9.17, 15) is 18.0 Å². The molecule has 2 aromatic rings. The predicted octanol–water partition coefficient (Wildman–Crippen LogP) is 3.31. The molecule has 1 aromatic carbocycles. The van der Waals surface area contributed by atoms with Crippen LogP contribution in [0.15, 0.2) is 24.3 Å². The quantitative estimate of drug-likeness (QED) is 0.841. The van der Waals surface area contributed by atoms with E-state index < -0.39 is 17.5 Å². The van der Waals surface area contributed by atoms with Crippen LogP contribution in [-0.4, -0.2) is 22.1 Å². The lowest BCUT2D eigenvalue weighted by molar-refractivity contribution is 0.0932. The van der Waals surface area contributed by atoms with E-state index in [-0.39, 0.29) is 29.1 Å². The maximum absolute atomic E-state index is 13.6. The first-order chi connectivity index (χ1) is 11.5. The fourth-order valence-corrected chi connectivity index (χ4v) is 2.61. The summed E-state index contributed by atoms with van der Waals surface area (Å²) in [6.07, 6.45) is 4.10. The average molecular weight is 336 g/mol. The molecule has 126 valence electrons. The van der Waals surface area contributed by atoms with Crippen molar-refractivity contribution in [1.29, 1.82) is 0 Å². The minimum absolute atomic E-state index is 0.109. The summed E-state index contributed by atoms with van der Waals surface area (Å²) in [7, 11) is 0. The van der Waals surface area contributed by atoms with E-state index in [0.717, 1.165) is 37.8 Å². The van der Waals surface area contributed by atoms with Gasteiger partial charge in [-0.1, -0.05) is 12.8 Å². The van der Waals surface area contributed by atoms with Gasteiger partial charge in [0.25, 0.3) is 5.91 Å². The monoisotopic (exact) mass is 336 g/mol. The molecule has 0 saturated heterocycles. The van der Waals surface area contributed by atoms with Gasteiger partial charge in [-0.25, -0.2) is 13.2 Å². The van der Waals surface area contributed by atoms with Crippen LogP contribution in [-0.2, 0) is 0 Å². The zero-order chi connectivity index (χ0) is 17.1. The molecule has 5 nitrogen and oxygen atoms in total. The molecule has 1 aliphatic carbocycles. The molecule has 0 spiro atoms. The highest BCUT2D eigenvalue weighted by atomic mass is 19.2. The molecular formula is C16H15F3N4O. The summed E-state index contributed by atoms with van der Waals surface area (Å²) in [5, 5.41) is 12.9. The van der Waals surface area contributed by atoms with Crippen LogP contribution in [0.1, 0.15) is 36.2 Å². The summed E-state index contributed by atoms with van der Waals surface area (Å²) in [4.78, 5) is 12.0. The van der Waals surface area contributed by atoms with E-state index in [2.05, 4.69) is 20.8 Å². The molecule has 0 radical (unpaired) electrons. The van der Waals surface area contributed by atoms with E-state index >= 15 is 0 Å². The largest absolute Gasteiger partial charge is 0.348 e. The number of carbonyl (C=O) groups excluding carboxylic acids is 1. The van der Waals surface area contributed by atoms with E-state index in [1.54, 1.807) is 0 Å². The van der Waals surface area contributed by atoms with Gasteiger partial charge < -0.3 is 10.6 Å². The van der Waals surface area contributed by atoms with Crippen LogP contribution in [0, 0.1) is 17.5 Å². The number of benzene rings is 1. The number of nitrogens with zero attached hydrogens (tertiary/aromatic N) is 2. The summed E-state index contributed by atoms with van der Waals surface area (Å²) in [6.45, 7) is 0. The van der Waals surface area contributed by atoms with Crippen LogP contribution in [0.2, 0.25) is 0 Å². The Hall–Kier alpha value is -2.64. The Kier molecular flexibility index (Phi) is 4.64. The van der Waals surface area contributed by atoms with Crippen molar-refractivity contribution in [2.24, 2.45) is 0 Å². The Bertz CT molecular complexity index is 746. The molecule has 1 aromatic heterocycles. The molecule has 1 saturated carbocycles. The molecule has 1 aliphatic rings. The number of anilines is 2. The third-order valence-electron chi connectivity index (χ3n) is 3.89. The van der Waals surface area contributed by atoms with Gasteiger partial charge >= 0.3 is 0 Å². The van der Waals surface area contributed by atoms with Crippen molar-refractivity contribution in [3.05, 3.63) is 47.4 Å². The molecule has 24 heavy (non-hydrogen) atoms.